The Balaban J connectivity index is 1.23. The number of rotatable bonds is 6. The van der Waals surface area contributed by atoms with Crippen LogP contribution >= 0.6 is 0 Å². The van der Waals surface area contributed by atoms with E-state index in [9.17, 15) is 23.1 Å². The summed E-state index contributed by atoms with van der Waals surface area (Å²) < 4.78 is 28.8. The predicted octanol–water partition coefficient (Wildman–Crippen LogP) is 3.31. The number of nitrogens with zero attached hydrogens (tertiary/aromatic N) is 3. The molecule has 3 aliphatic rings. The van der Waals surface area contributed by atoms with Crippen molar-refractivity contribution < 1.29 is 18.3 Å². The van der Waals surface area contributed by atoms with Gasteiger partial charge < -0.3 is 15.4 Å². The number of aromatic amines is 1. The lowest BCUT2D eigenvalue weighted by Crippen LogP contribution is -2.50. The molecule has 3 heterocycles. The number of H-pyrrole nitrogens is 1. The number of imidazole rings is 1. The lowest BCUT2D eigenvalue weighted by molar-refractivity contribution is -0.125. The minimum Gasteiger partial charge on any atom is -0.493 e. The molecular weight excluding hydrogens is 518 g/mol. The fraction of sp³-hybridized carbons (Fsp3) is 0.536. The zero-order valence-electron chi connectivity index (χ0n) is 22.7. The molecule has 1 aliphatic carbocycles. The number of nitrogens with one attached hydrogen (secondary N) is 2. The normalized spacial score (nSPS) is 24.0. The molecule has 1 spiro atoms. The topological polar surface area (TPSA) is 137 Å². The predicted molar refractivity (Wildman–Crippen MR) is 150 cm³/mol. The third-order valence-electron chi connectivity index (χ3n) is 8.70. The van der Waals surface area contributed by atoms with Crippen LogP contribution in [0.4, 0.5) is 0 Å². The van der Waals surface area contributed by atoms with Crippen LogP contribution in [-0.4, -0.2) is 57.8 Å². The highest BCUT2D eigenvalue weighted by Crippen LogP contribution is 2.37. The molecule has 1 amide bonds. The van der Waals surface area contributed by atoms with Crippen molar-refractivity contribution in [3.05, 3.63) is 51.4 Å². The Morgan fingerprint density at radius 2 is 1.82 bits per heavy atom. The summed E-state index contributed by atoms with van der Waals surface area (Å²) in [5, 5.41) is 14.1. The molecule has 1 aromatic carbocycles. The average molecular weight is 556 g/mol. The Labute approximate surface area is 228 Å². The van der Waals surface area contributed by atoms with Crippen LogP contribution in [-0.2, 0) is 14.8 Å². The number of hydrogen-bond donors (Lipinski definition) is 3. The summed E-state index contributed by atoms with van der Waals surface area (Å²) in [7, 11) is -3.70. The maximum absolute atomic E-state index is 13.1. The van der Waals surface area contributed by atoms with Gasteiger partial charge >= 0.3 is 5.69 Å². The smallest absolute Gasteiger partial charge is 0.333 e. The number of aliphatic imine (C=N–C) groups is 1. The maximum atomic E-state index is 13.1. The van der Waals surface area contributed by atoms with Gasteiger partial charge in [-0.25, -0.2) is 17.8 Å². The van der Waals surface area contributed by atoms with Gasteiger partial charge in [-0.15, -0.1) is 0 Å². The summed E-state index contributed by atoms with van der Waals surface area (Å²) in [5.74, 6) is 2.17. The molecule has 0 bridgehead atoms. The largest absolute Gasteiger partial charge is 0.493 e. The van der Waals surface area contributed by atoms with Crippen molar-refractivity contribution in [1.29, 1.82) is 0 Å². The van der Waals surface area contributed by atoms with Gasteiger partial charge in [-0.2, -0.15) is 4.31 Å². The Kier molecular flexibility index (Phi) is 7.32. The first kappa shape index (κ1) is 27.4. The first-order chi connectivity index (χ1) is 18.5. The van der Waals surface area contributed by atoms with E-state index in [1.807, 2.05) is 0 Å². The third-order valence-corrected chi connectivity index (χ3v) is 10.3. The van der Waals surface area contributed by atoms with E-state index in [2.05, 4.69) is 24.1 Å². The molecule has 210 valence electrons. The van der Waals surface area contributed by atoms with Gasteiger partial charge in [0.05, 0.1) is 11.9 Å². The molecule has 2 fully saturated rings. The molecule has 1 aromatic heterocycles. The Morgan fingerprint density at radius 1 is 1.13 bits per heavy atom. The van der Waals surface area contributed by atoms with Gasteiger partial charge in [-0.05, 0) is 86.6 Å². The number of sulfonamides is 1. The second-order valence-corrected chi connectivity index (χ2v) is 13.2. The van der Waals surface area contributed by atoms with E-state index in [4.69, 9.17) is 4.99 Å². The molecule has 3 N–H and O–H groups in total. The van der Waals surface area contributed by atoms with Crippen LogP contribution in [0.25, 0.3) is 11.8 Å². The van der Waals surface area contributed by atoms with Crippen molar-refractivity contribution in [3.63, 3.8) is 0 Å². The summed E-state index contributed by atoms with van der Waals surface area (Å²) >= 11 is 0. The van der Waals surface area contributed by atoms with Crippen molar-refractivity contribution in [2.45, 2.75) is 64.8 Å². The lowest BCUT2D eigenvalue weighted by atomic mass is 9.76. The van der Waals surface area contributed by atoms with Crippen LogP contribution in [0.15, 0.2) is 39.6 Å². The number of carbonyl (C=O) groups is 1. The van der Waals surface area contributed by atoms with Crippen LogP contribution in [0.2, 0.25) is 0 Å². The molecule has 5 rings (SSSR count). The first-order valence-corrected chi connectivity index (χ1v) is 15.2. The summed E-state index contributed by atoms with van der Waals surface area (Å²) in [5.41, 5.74) is 0.562. The Morgan fingerprint density at radius 3 is 2.41 bits per heavy atom. The van der Waals surface area contributed by atoms with E-state index in [1.54, 1.807) is 25.1 Å². The van der Waals surface area contributed by atoms with Crippen LogP contribution in [0.1, 0.15) is 63.5 Å². The minimum absolute atomic E-state index is 0.0978. The molecule has 1 saturated carbocycles. The Bertz CT molecular complexity index is 1470. The summed E-state index contributed by atoms with van der Waals surface area (Å²) in [4.78, 5) is 32.2. The van der Waals surface area contributed by atoms with E-state index in [0.717, 1.165) is 47.6 Å². The summed E-state index contributed by atoms with van der Waals surface area (Å²) in [6, 6.07) is 5.05. The molecule has 0 radical (unpaired) electrons. The van der Waals surface area contributed by atoms with E-state index < -0.39 is 21.3 Å². The number of aromatic nitrogens is 2. The number of hydrogen-bond acceptors (Lipinski definition) is 6. The number of piperidine rings is 1. The van der Waals surface area contributed by atoms with Crippen molar-refractivity contribution in [2.75, 3.05) is 13.1 Å². The van der Waals surface area contributed by atoms with Crippen molar-refractivity contribution in [2.24, 2.45) is 22.7 Å². The second-order valence-electron chi connectivity index (χ2n) is 11.4. The van der Waals surface area contributed by atoms with Crippen LogP contribution in [0.5, 0.6) is 5.88 Å². The summed E-state index contributed by atoms with van der Waals surface area (Å²) in [6.45, 7) is 6.79. The molecule has 1 saturated heterocycles. The van der Waals surface area contributed by atoms with Crippen LogP contribution in [0.3, 0.4) is 0 Å². The molecule has 2 aromatic rings. The quantitative estimate of drug-likeness (QED) is 0.502. The Hall–Kier alpha value is -3.18. The maximum Gasteiger partial charge on any atom is 0.333 e. The molecule has 2 aliphatic heterocycles. The summed E-state index contributed by atoms with van der Waals surface area (Å²) in [6.07, 6.45) is 7.83. The molecule has 0 atom stereocenters. The van der Waals surface area contributed by atoms with Gasteiger partial charge in [-0.1, -0.05) is 19.9 Å². The molecule has 11 heteroatoms. The van der Waals surface area contributed by atoms with Crippen LogP contribution < -0.4 is 11.0 Å². The number of benzene rings is 1. The lowest BCUT2D eigenvalue weighted by Gasteiger charge is -2.34. The highest BCUT2D eigenvalue weighted by molar-refractivity contribution is 7.92. The van der Waals surface area contributed by atoms with Gasteiger partial charge in [0.25, 0.3) is 5.91 Å². The highest BCUT2D eigenvalue weighted by atomic mass is 32.2. The average Bonchev–Trinajstić information content (AvgIpc) is 3.41. The van der Waals surface area contributed by atoms with Crippen molar-refractivity contribution in [3.8, 4) is 11.6 Å². The van der Waals surface area contributed by atoms with E-state index in [-0.39, 0.29) is 30.8 Å². The standard InChI is InChI=1S/C28H37N5O5S/c1-18(2)20-4-6-22(7-5-20)25-30-26(35)28(31-25)11-13-32(14-12-28)39(37,38)15-10-21-8-9-23(16-19(21)3)33-24(34)17-29-27(33)36/h8-10,15-18,20,22,34H,4-7,11-14H2,1-3H3,(H,29,36)(H,30,31,35). The SMILES string of the molecule is Cc1cc(-n2c(O)c[nH]c2=O)ccc1C=CS(=O)(=O)N1CCC2(CC1)N=C(C1CCC(C(C)C)CC1)NC2=O. The van der Waals surface area contributed by atoms with Crippen molar-refractivity contribution in [1.82, 2.24) is 19.2 Å². The number of amides is 1. The third kappa shape index (κ3) is 5.34. The second kappa shape index (κ2) is 10.4. The van der Waals surface area contributed by atoms with E-state index >= 15 is 0 Å². The fourth-order valence-electron chi connectivity index (χ4n) is 6.08. The highest BCUT2D eigenvalue weighted by Gasteiger charge is 2.48. The van der Waals surface area contributed by atoms with Gasteiger partial charge in [0.15, 0.2) is 0 Å². The zero-order chi connectivity index (χ0) is 27.9. The van der Waals surface area contributed by atoms with Crippen molar-refractivity contribution >= 4 is 27.8 Å². The minimum atomic E-state index is -3.70. The molecule has 39 heavy (non-hydrogen) atoms. The van der Waals surface area contributed by atoms with E-state index in [1.165, 1.54) is 22.0 Å². The van der Waals surface area contributed by atoms with E-state index in [0.29, 0.717) is 30.0 Å². The fourth-order valence-corrected chi connectivity index (χ4v) is 7.27. The van der Waals surface area contributed by atoms with Gasteiger partial charge in [-0.3, -0.25) is 9.79 Å². The van der Waals surface area contributed by atoms with Gasteiger partial charge in [0, 0.05) is 24.4 Å². The molecule has 10 nitrogen and oxygen atoms in total. The molecule has 0 unspecified atom stereocenters. The number of aryl methyl sites for hydroxylation is 1. The van der Waals surface area contributed by atoms with Crippen LogP contribution in [0, 0.1) is 24.7 Å². The number of carbonyl (C=O) groups excluding carboxylic acids is 1. The van der Waals surface area contributed by atoms with Gasteiger partial charge in [0.2, 0.25) is 15.9 Å². The number of aromatic hydroxyl groups is 1. The zero-order valence-corrected chi connectivity index (χ0v) is 23.5. The monoisotopic (exact) mass is 555 g/mol. The number of amidine groups is 1. The first-order valence-electron chi connectivity index (χ1n) is 13.7. The molecular formula is C28H37N5O5S. The van der Waals surface area contributed by atoms with Gasteiger partial charge in [0.1, 0.15) is 11.4 Å².